The summed E-state index contributed by atoms with van der Waals surface area (Å²) in [5.74, 6) is -0.244. The third-order valence-electron chi connectivity index (χ3n) is 2.19. The van der Waals surface area contributed by atoms with Crippen LogP contribution in [0.3, 0.4) is 0 Å². The Hall–Kier alpha value is -0.330. The van der Waals surface area contributed by atoms with Crippen molar-refractivity contribution in [2.24, 2.45) is 5.92 Å². The maximum atomic E-state index is 11.6. The molecule has 0 aromatic carbocycles. The first kappa shape index (κ1) is 11.7. The van der Waals surface area contributed by atoms with Crippen LogP contribution in [0.2, 0.25) is 0 Å². The van der Waals surface area contributed by atoms with Gasteiger partial charge in [0, 0.05) is 12.5 Å². The van der Waals surface area contributed by atoms with Crippen molar-refractivity contribution >= 4 is 0 Å². The fourth-order valence-corrected chi connectivity index (χ4v) is 1.39. The highest BCUT2D eigenvalue weighted by molar-refractivity contribution is 4.72. The number of ether oxygens (including phenoxy) is 2. The molecule has 1 aliphatic heterocycles. The Balaban J connectivity index is 2.17. The minimum absolute atomic E-state index is 0.167. The number of aliphatic hydroxyl groups is 1. The summed E-state index contributed by atoms with van der Waals surface area (Å²) in [6, 6.07) is 0. The van der Waals surface area contributed by atoms with Gasteiger partial charge in [0.05, 0.1) is 19.3 Å². The topological polar surface area (TPSA) is 38.7 Å². The van der Waals surface area contributed by atoms with Crippen LogP contribution in [0.25, 0.3) is 0 Å². The lowest BCUT2D eigenvalue weighted by molar-refractivity contribution is -0.326. The molecule has 6 heteroatoms. The predicted octanol–water partition coefficient (Wildman–Crippen LogP) is 1.31. The summed E-state index contributed by atoms with van der Waals surface area (Å²) in [5.41, 5.74) is 0. The Morgan fingerprint density at radius 2 is 2.14 bits per heavy atom. The fraction of sp³-hybridized carbons (Fsp3) is 1.00. The van der Waals surface area contributed by atoms with Crippen molar-refractivity contribution < 1.29 is 27.8 Å². The fourth-order valence-electron chi connectivity index (χ4n) is 1.39. The lowest BCUT2D eigenvalue weighted by atomic mass is 9.96. The van der Waals surface area contributed by atoms with E-state index >= 15 is 0 Å². The number of aliphatic hydroxyl groups excluding tert-OH is 1. The molecule has 0 saturated carbocycles. The van der Waals surface area contributed by atoms with Gasteiger partial charge in [-0.2, -0.15) is 0 Å². The molecule has 14 heavy (non-hydrogen) atoms. The van der Waals surface area contributed by atoms with E-state index < -0.39 is 19.1 Å². The molecule has 1 N–H and O–H groups in total. The third kappa shape index (κ3) is 4.26. The molecule has 1 heterocycles. The largest absolute Gasteiger partial charge is 0.522 e. The zero-order valence-corrected chi connectivity index (χ0v) is 7.59. The van der Waals surface area contributed by atoms with Crippen LogP contribution in [0.15, 0.2) is 0 Å². The smallest absolute Gasteiger partial charge is 0.393 e. The highest BCUT2D eigenvalue weighted by Crippen LogP contribution is 2.21. The van der Waals surface area contributed by atoms with Crippen molar-refractivity contribution in [3.63, 3.8) is 0 Å². The van der Waals surface area contributed by atoms with E-state index in [9.17, 15) is 18.3 Å². The van der Waals surface area contributed by atoms with Gasteiger partial charge >= 0.3 is 6.36 Å². The van der Waals surface area contributed by atoms with Gasteiger partial charge in [-0.15, -0.1) is 13.2 Å². The molecule has 1 rings (SSSR count). The van der Waals surface area contributed by atoms with Crippen LogP contribution < -0.4 is 0 Å². The molecule has 0 amide bonds. The molecular weight excluding hydrogens is 201 g/mol. The van der Waals surface area contributed by atoms with Gasteiger partial charge < -0.3 is 9.84 Å². The van der Waals surface area contributed by atoms with Crippen LogP contribution in [0, 0.1) is 5.92 Å². The van der Waals surface area contributed by atoms with Gasteiger partial charge in [0.1, 0.15) is 0 Å². The van der Waals surface area contributed by atoms with Gasteiger partial charge in [0.2, 0.25) is 0 Å². The Kier molecular flexibility index (Phi) is 4.15. The average Bonchev–Trinajstić information content (AvgIpc) is 2.06. The molecule has 2 atom stereocenters. The molecule has 1 fully saturated rings. The Labute approximate surface area is 79.8 Å². The van der Waals surface area contributed by atoms with Crippen molar-refractivity contribution in [2.75, 3.05) is 19.8 Å². The Morgan fingerprint density at radius 3 is 2.71 bits per heavy atom. The number of alkyl halides is 3. The van der Waals surface area contributed by atoms with E-state index in [0.29, 0.717) is 19.6 Å². The van der Waals surface area contributed by atoms with Gasteiger partial charge in [0.15, 0.2) is 0 Å². The standard InChI is InChI=1S/C8H13F3O3/c9-8(10,11)14-4-1-6-5-13-3-2-7(6)12/h6-7,12H,1-5H2. The summed E-state index contributed by atoms with van der Waals surface area (Å²) in [4.78, 5) is 0. The van der Waals surface area contributed by atoms with Crippen LogP contribution in [-0.2, 0) is 9.47 Å². The van der Waals surface area contributed by atoms with Gasteiger partial charge in [-0.05, 0) is 12.8 Å². The maximum Gasteiger partial charge on any atom is 0.522 e. The van der Waals surface area contributed by atoms with Gasteiger partial charge in [0.25, 0.3) is 0 Å². The van der Waals surface area contributed by atoms with Gasteiger partial charge in [-0.1, -0.05) is 0 Å². The molecule has 1 saturated heterocycles. The first-order chi connectivity index (χ1) is 6.49. The second-order valence-electron chi connectivity index (χ2n) is 3.27. The molecule has 0 bridgehead atoms. The lowest BCUT2D eigenvalue weighted by Crippen LogP contribution is -2.33. The summed E-state index contributed by atoms with van der Waals surface area (Å²) in [7, 11) is 0. The summed E-state index contributed by atoms with van der Waals surface area (Å²) < 4.78 is 43.4. The summed E-state index contributed by atoms with van der Waals surface area (Å²) in [5, 5.41) is 9.38. The molecular formula is C8H13F3O3. The van der Waals surface area contributed by atoms with Gasteiger partial charge in [-0.25, -0.2) is 0 Å². The van der Waals surface area contributed by atoms with E-state index in [2.05, 4.69) is 4.74 Å². The van der Waals surface area contributed by atoms with Crippen LogP contribution in [-0.4, -0.2) is 37.4 Å². The highest BCUT2D eigenvalue weighted by atomic mass is 19.4. The van der Waals surface area contributed by atoms with E-state index in [0.717, 1.165) is 0 Å². The maximum absolute atomic E-state index is 11.6. The molecule has 0 spiro atoms. The molecule has 0 aromatic heterocycles. The van der Waals surface area contributed by atoms with Gasteiger partial charge in [-0.3, -0.25) is 4.74 Å². The molecule has 3 nitrogen and oxygen atoms in total. The van der Waals surface area contributed by atoms with Crippen molar-refractivity contribution in [3.8, 4) is 0 Å². The molecule has 1 aliphatic rings. The number of halogens is 3. The highest BCUT2D eigenvalue weighted by Gasteiger charge is 2.30. The van der Waals surface area contributed by atoms with Crippen molar-refractivity contribution in [3.05, 3.63) is 0 Å². The number of hydrogen-bond acceptors (Lipinski definition) is 3. The minimum atomic E-state index is -4.58. The van der Waals surface area contributed by atoms with E-state index in [1.807, 2.05) is 0 Å². The molecule has 2 unspecified atom stereocenters. The van der Waals surface area contributed by atoms with E-state index in [1.165, 1.54) is 0 Å². The normalized spacial score (nSPS) is 29.1. The van der Waals surface area contributed by atoms with E-state index in [-0.39, 0.29) is 12.3 Å². The Morgan fingerprint density at radius 1 is 1.43 bits per heavy atom. The second-order valence-corrected chi connectivity index (χ2v) is 3.27. The third-order valence-corrected chi connectivity index (χ3v) is 2.19. The first-order valence-electron chi connectivity index (χ1n) is 4.45. The second kappa shape index (κ2) is 4.95. The molecule has 0 radical (unpaired) electrons. The van der Waals surface area contributed by atoms with E-state index in [1.54, 1.807) is 0 Å². The zero-order chi connectivity index (χ0) is 10.6. The van der Waals surface area contributed by atoms with Crippen LogP contribution in [0.1, 0.15) is 12.8 Å². The van der Waals surface area contributed by atoms with Crippen LogP contribution >= 0.6 is 0 Å². The first-order valence-corrected chi connectivity index (χ1v) is 4.45. The molecule has 0 aliphatic carbocycles. The van der Waals surface area contributed by atoms with Crippen molar-refractivity contribution in [1.29, 1.82) is 0 Å². The predicted molar refractivity (Wildman–Crippen MR) is 41.6 cm³/mol. The number of rotatable bonds is 3. The monoisotopic (exact) mass is 214 g/mol. The summed E-state index contributed by atoms with van der Waals surface area (Å²) >= 11 is 0. The van der Waals surface area contributed by atoms with Crippen molar-refractivity contribution in [2.45, 2.75) is 25.3 Å². The van der Waals surface area contributed by atoms with Crippen LogP contribution in [0.5, 0.6) is 0 Å². The Bertz CT molecular complexity index is 172. The van der Waals surface area contributed by atoms with Crippen molar-refractivity contribution in [1.82, 2.24) is 0 Å². The lowest BCUT2D eigenvalue weighted by Gasteiger charge is -2.27. The number of hydrogen-bond donors (Lipinski definition) is 1. The minimum Gasteiger partial charge on any atom is -0.393 e. The molecule has 84 valence electrons. The SMILES string of the molecule is OC1CCOCC1CCOC(F)(F)F. The molecule has 0 aromatic rings. The summed E-state index contributed by atoms with van der Waals surface area (Å²) in [6.45, 7) is 0.356. The quantitative estimate of drug-likeness (QED) is 0.769. The average molecular weight is 214 g/mol. The zero-order valence-electron chi connectivity index (χ0n) is 7.59. The van der Waals surface area contributed by atoms with E-state index in [4.69, 9.17) is 4.74 Å². The summed E-state index contributed by atoms with van der Waals surface area (Å²) in [6.07, 6.45) is -4.50. The van der Waals surface area contributed by atoms with Crippen LogP contribution in [0.4, 0.5) is 13.2 Å².